The van der Waals surface area contributed by atoms with Crippen LogP contribution in [0.15, 0.2) is 22.7 Å². The second-order valence-corrected chi connectivity index (χ2v) is 4.50. The molecule has 0 spiro atoms. The highest BCUT2D eigenvalue weighted by atomic mass is 79.9. The molecule has 0 aliphatic heterocycles. The van der Waals surface area contributed by atoms with Crippen LogP contribution < -0.4 is 5.32 Å². The average molecular weight is 272 g/mol. The maximum atomic E-state index is 10.6. The molecule has 3 nitrogen and oxygen atoms in total. The van der Waals surface area contributed by atoms with Crippen LogP contribution >= 0.6 is 15.9 Å². The molecule has 1 atom stereocenters. The van der Waals surface area contributed by atoms with Crippen LogP contribution in [0, 0.1) is 12.8 Å². The average Bonchev–Trinajstić information content (AvgIpc) is 2.15. The van der Waals surface area contributed by atoms with Crippen molar-refractivity contribution in [3.63, 3.8) is 0 Å². The molecule has 0 radical (unpaired) electrons. The maximum absolute atomic E-state index is 10.6. The van der Waals surface area contributed by atoms with Gasteiger partial charge in [-0.15, -0.1) is 0 Å². The molecule has 0 fully saturated rings. The Bertz CT molecular complexity index is 366. The van der Waals surface area contributed by atoms with Gasteiger partial charge in [-0.25, -0.2) is 0 Å². The van der Waals surface area contributed by atoms with Gasteiger partial charge in [0, 0.05) is 16.7 Å². The summed E-state index contributed by atoms with van der Waals surface area (Å²) in [4.78, 5) is 10.6. The number of carboxylic acid groups (broad SMARTS) is 1. The van der Waals surface area contributed by atoms with E-state index in [0.29, 0.717) is 6.54 Å². The van der Waals surface area contributed by atoms with Crippen LogP contribution in [0.3, 0.4) is 0 Å². The number of hydrogen-bond donors (Lipinski definition) is 2. The van der Waals surface area contributed by atoms with E-state index in [9.17, 15) is 4.79 Å². The van der Waals surface area contributed by atoms with E-state index in [1.54, 1.807) is 6.92 Å². The lowest BCUT2D eigenvalue weighted by atomic mass is 10.1. The van der Waals surface area contributed by atoms with Gasteiger partial charge in [-0.2, -0.15) is 0 Å². The highest BCUT2D eigenvalue weighted by molar-refractivity contribution is 9.10. The molecule has 1 aromatic carbocycles. The van der Waals surface area contributed by atoms with Crippen molar-refractivity contribution in [2.75, 3.05) is 11.9 Å². The van der Waals surface area contributed by atoms with E-state index in [4.69, 9.17) is 5.11 Å². The first-order valence-electron chi connectivity index (χ1n) is 4.73. The Kier molecular flexibility index (Phi) is 4.15. The Balaban J connectivity index is 2.62. The van der Waals surface area contributed by atoms with E-state index < -0.39 is 5.97 Å². The lowest BCUT2D eigenvalue weighted by Crippen LogP contribution is -2.19. The van der Waals surface area contributed by atoms with Crippen molar-refractivity contribution in [3.8, 4) is 0 Å². The Morgan fingerprint density at radius 3 is 2.80 bits per heavy atom. The van der Waals surface area contributed by atoms with Crippen molar-refractivity contribution >= 4 is 27.6 Å². The summed E-state index contributed by atoms with van der Waals surface area (Å²) in [5.41, 5.74) is 2.08. The Labute approximate surface area is 97.6 Å². The number of aryl methyl sites for hydroxylation is 1. The predicted octanol–water partition coefficient (Wildman–Crippen LogP) is 2.89. The lowest BCUT2D eigenvalue weighted by Gasteiger charge is -2.12. The molecule has 0 saturated heterocycles. The minimum Gasteiger partial charge on any atom is -0.481 e. The minimum atomic E-state index is -0.780. The number of benzene rings is 1. The van der Waals surface area contributed by atoms with E-state index in [-0.39, 0.29) is 5.92 Å². The van der Waals surface area contributed by atoms with E-state index in [2.05, 4.69) is 21.2 Å². The van der Waals surface area contributed by atoms with Crippen LogP contribution in [0.5, 0.6) is 0 Å². The second-order valence-electron chi connectivity index (χ2n) is 3.58. The van der Waals surface area contributed by atoms with Gasteiger partial charge in [0.1, 0.15) is 0 Å². The summed E-state index contributed by atoms with van der Waals surface area (Å²) >= 11 is 3.38. The molecule has 1 aromatic rings. The van der Waals surface area contributed by atoms with Crippen molar-refractivity contribution in [2.45, 2.75) is 13.8 Å². The normalized spacial score (nSPS) is 12.2. The smallest absolute Gasteiger partial charge is 0.308 e. The largest absolute Gasteiger partial charge is 0.481 e. The van der Waals surface area contributed by atoms with Gasteiger partial charge in [0.2, 0.25) is 0 Å². The molecule has 0 bridgehead atoms. The van der Waals surface area contributed by atoms with Crippen LogP contribution in [0.25, 0.3) is 0 Å². The van der Waals surface area contributed by atoms with Gasteiger partial charge in [0.25, 0.3) is 0 Å². The standard InChI is InChI=1S/C11H14BrNO2/c1-7-5-9(12)3-4-10(7)13-6-8(2)11(14)15/h3-5,8,13H,6H2,1-2H3,(H,14,15). The summed E-state index contributed by atoms with van der Waals surface area (Å²) < 4.78 is 1.02. The highest BCUT2D eigenvalue weighted by Crippen LogP contribution is 2.20. The van der Waals surface area contributed by atoms with Gasteiger partial charge >= 0.3 is 5.97 Å². The molecule has 0 aromatic heterocycles. The van der Waals surface area contributed by atoms with Crippen LogP contribution in [0.4, 0.5) is 5.69 Å². The summed E-state index contributed by atoms with van der Waals surface area (Å²) in [5, 5.41) is 11.8. The number of rotatable bonds is 4. The fraction of sp³-hybridized carbons (Fsp3) is 0.364. The number of carbonyl (C=O) groups is 1. The van der Waals surface area contributed by atoms with Gasteiger partial charge in [-0.1, -0.05) is 22.9 Å². The van der Waals surface area contributed by atoms with E-state index in [1.165, 1.54) is 0 Å². The quantitative estimate of drug-likeness (QED) is 0.886. The molecule has 82 valence electrons. The third-order valence-electron chi connectivity index (χ3n) is 2.21. The number of anilines is 1. The molecular weight excluding hydrogens is 258 g/mol. The van der Waals surface area contributed by atoms with Gasteiger partial charge in [0.15, 0.2) is 0 Å². The van der Waals surface area contributed by atoms with Gasteiger partial charge in [-0.05, 0) is 30.7 Å². The van der Waals surface area contributed by atoms with Crippen molar-refractivity contribution < 1.29 is 9.90 Å². The van der Waals surface area contributed by atoms with E-state index in [1.807, 2.05) is 25.1 Å². The predicted molar refractivity (Wildman–Crippen MR) is 64.2 cm³/mol. The molecule has 4 heteroatoms. The van der Waals surface area contributed by atoms with Crippen molar-refractivity contribution in [2.24, 2.45) is 5.92 Å². The summed E-state index contributed by atoms with van der Waals surface area (Å²) in [7, 11) is 0. The molecule has 0 aliphatic rings. The zero-order chi connectivity index (χ0) is 11.4. The van der Waals surface area contributed by atoms with Crippen LogP contribution in [-0.2, 0) is 4.79 Å². The topological polar surface area (TPSA) is 49.3 Å². The number of hydrogen-bond acceptors (Lipinski definition) is 2. The summed E-state index contributed by atoms with van der Waals surface area (Å²) in [5.74, 6) is -1.16. The van der Waals surface area contributed by atoms with Crippen molar-refractivity contribution in [1.29, 1.82) is 0 Å². The number of nitrogens with one attached hydrogen (secondary N) is 1. The second kappa shape index (κ2) is 5.16. The first-order chi connectivity index (χ1) is 7.00. The highest BCUT2D eigenvalue weighted by Gasteiger charge is 2.10. The zero-order valence-corrected chi connectivity index (χ0v) is 10.3. The summed E-state index contributed by atoms with van der Waals surface area (Å²) in [6, 6.07) is 5.86. The van der Waals surface area contributed by atoms with Gasteiger partial charge in [-0.3, -0.25) is 4.79 Å². The van der Waals surface area contributed by atoms with Gasteiger partial charge < -0.3 is 10.4 Å². The summed E-state index contributed by atoms with van der Waals surface area (Å²) in [6.07, 6.45) is 0. The first kappa shape index (κ1) is 12.0. The van der Waals surface area contributed by atoms with Crippen molar-refractivity contribution in [1.82, 2.24) is 0 Å². The van der Waals surface area contributed by atoms with E-state index >= 15 is 0 Å². The monoisotopic (exact) mass is 271 g/mol. The number of halogens is 1. The lowest BCUT2D eigenvalue weighted by molar-refractivity contribution is -0.140. The maximum Gasteiger partial charge on any atom is 0.308 e. The molecule has 0 amide bonds. The van der Waals surface area contributed by atoms with E-state index in [0.717, 1.165) is 15.7 Å². The molecule has 0 aliphatic carbocycles. The molecular formula is C11H14BrNO2. The Morgan fingerprint density at radius 2 is 2.27 bits per heavy atom. The first-order valence-corrected chi connectivity index (χ1v) is 5.53. The number of aliphatic carboxylic acids is 1. The van der Waals surface area contributed by atoms with Gasteiger partial charge in [0.05, 0.1) is 5.92 Å². The fourth-order valence-electron chi connectivity index (χ4n) is 1.18. The van der Waals surface area contributed by atoms with Crippen LogP contribution in [0.2, 0.25) is 0 Å². The molecule has 2 N–H and O–H groups in total. The molecule has 15 heavy (non-hydrogen) atoms. The minimum absolute atomic E-state index is 0.381. The number of carboxylic acids is 1. The SMILES string of the molecule is Cc1cc(Br)ccc1NCC(C)C(=O)O. The Hall–Kier alpha value is -1.03. The summed E-state index contributed by atoms with van der Waals surface area (Å²) in [6.45, 7) is 4.11. The zero-order valence-electron chi connectivity index (χ0n) is 8.75. The van der Waals surface area contributed by atoms with Crippen LogP contribution in [0.1, 0.15) is 12.5 Å². The fourth-order valence-corrected chi connectivity index (χ4v) is 1.65. The molecule has 1 unspecified atom stereocenters. The Morgan fingerprint density at radius 1 is 1.60 bits per heavy atom. The van der Waals surface area contributed by atoms with Crippen molar-refractivity contribution in [3.05, 3.63) is 28.2 Å². The third-order valence-corrected chi connectivity index (χ3v) is 2.70. The molecule has 0 heterocycles. The molecule has 1 rings (SSSR count). The van der Waals surface area contributed by atoms with Crippen LogP contribution in [-0.4, -0.2) is 17.6 Å². The molecule has 0 saturated carbocycles. The third kappa shape index (κ3) is 3.55.